The van der Waals surface area contributed by atoms with Gasteiger partial charge in [-0.3, -0.25) is 4.90 Å². The van der Waals surface area contributed by atoms with Gasteiger partial charge in [0.25, 0.3) is 0 Å². The van der Waals surface area contributed by atoms with Crippen molar-refractivity contribution >= 4 is 58.4 Å². The minimum absolute atomic E-state index is 0. The zero-order valence-electron chi connectivity index (χ0n) is 17.6. The smallest absolute Gasteiger partial charge is 0.158 e. The molecule has 0 aliphatic carbocycles. The van der Waals surface area contributed by atoms with Crippen LogP contribution in [0.4, 0.5) is 16.4 Å². The predicted molar refractivity (Wildman–Crippen MR) is 135 cm³/mol. The average molecular weight is 476 g/mol. The molecular formula is C23H27Cl2N5S. The van der Waals surface area contributed by atoms with Gasteiger partial charge in [0.1, 0.15) is 10.7 Å². The molecule has 2 aromatic carbocycles. The Labute approximate surface area is 200 Å². The normalized spacial score (nSPS) is 17.8. The fraction of sp³-hybridized carbons (Fsp3) is 0.304. The van der Waals surface area contributed by atoms with Gasteiger partial charge < -0.3 is 10.2 Å². The molecule has 3 heterocycles. The van der Waals surface area contributed by atoms with Crippen molar-refractivity contribution in [1.29, 1.82) is 0 Å². The molecule has 0 bridgehead atoms. The van der Waals surface area contributed by atoms with Gasteiger partial charge in [0.15, 0.2) is 5.84 Å². The lowest BCUT2D eigenvalue weighted by Crippen LogP contribution is -2.54. The number of nitrogens with zero attached hydrogens (tertiary/aromatic N) is 4. The number of fused-ring (bicyclic) bond motifs is 2. The van der Waals surface area contributed by atoms with Gasteiger partial charge in [-0.1, -0.05) is 42.5 Å². The van der Waals surface area contributed by atoms with Crippen molar-refractivity contribution in [2.45, 2.75) is 19.4 Å². The van der Waals surface area contributed by atoms with E-state index >= 15 is 0 Å². The second kappa shape index (κ2) is 10.0. The van der Waals surface area contributed by atoms with E-state index in [9.17, 15) is 0 Å². The highest BCUT2D eigenvalue weighted by Crippen LogP contribution is 2.37. The molecule has 1 fully saturated rings. The Balaban J connectivity index is 0.00000136. The van der Waals surface area contributed by atoms with Crippen LogP contribution in [0.5, 0.6) is 0 Å². The maximum absolute atomic E-state index is 5.09. The summed E-state index contributed by atoms with van der Waals surface area (Å²) in [5.74, 6) is 0.993. The van der Waals surface area contributed by atoms with Crippen molar-refractivity contribution < 1.29 is 0 Å². The third-order valence-corrected chi connectivity index (χ3v) is 6.60. The number of benzene rings is 2. The summed E-state index contributed by atoms with van der Waals surface area (Å²) in [6.45, 7) is 4.98. The third kappa shape index (κ3) is 4.88. The zero-order valence-corrected chi connectivity index (χ0v) is 20.1. The van der Waals surface area contributed by atoms with E-state index in [1.54, 1.807) is 11.3 Å². The third-order valence-electron chi connectivity index (χ3n) is 5.72. The summed E-state index contributed by atoms with van der Waals surface area (Å²) in [7, 11) is 2.23. The molecule has 0 spiro atoms. The number of thiazole rings is 1. The van der Waals surface area contributed by atoms with E-state index in [0.717, 1.165) is 59.0 Å². The van der Waals surface area contributed by atoms with Crippen LogP contribution in [0.3, 0.4) is 0 Å². The number of aryl methyl sites for hydroxylation is 1. The Morgan fingerprint density at radius 1 is 1.03 bits per heavy atom. The molecule has 2 aliphatic rings. The largest absolute Gasteiger partial charge is 0.352 e. The number of rotatable bonds is 2. The number of para-hydroxylation sites is 2. The van der Waals surface area contributed by atoms with Gasteiger partial charge in [-0.05, 0) is 38.1 Å². The monoisotopic (exact) mass is 475 g/mol. The first kappa shape index (κ1) is 23.5. The molecule has 31 heavy (non-hydrogen) atoms. The summed E-state index contributed by atoms with van der Waals surface area (Å²) < 4.78 is 0. The first-order valence-electron chi connectivity index (χ1n) is 10.1. The Morgan fingerprint density at radius 2 is 1.77 bits per heavy atom. The van der Waals surface area contributed by atoms with Crippen molar-refractivity contribution in [2.75, 3.05) is 32.0 Å². The van der Waals surface area contributed by atoms with E-state index in [-0.39, 0.29) is 24.8 Å². The molecule has 0 saturated carbocycles. The van der Waals surface area contributed by atoms with Crippen LogP contribution in [0.15, 0.2) is 59.6 Å². The summed E-state index contributed by atoms with van der Waals surface area (Å²) in [5, 5.41) is 5.70. The van der Waals surface area contributed by atoms with Crippen molar-refractivity contribution in [3.05, 3.63) is 70.9 Å². The highest BCUT2D eigenvalue weighted by molar-refractivity contribution is 7.16. The first-order valence-corrected chi connectivity index (χ1v) is 10.9. The number of piperazine rings is 1. The number of halogens is 2. The minimum Gasteiger partial charge on any atom is -0.352 e. The van der Waals surface area contributed by atoms with E-state index in [1.807, 2.05) is 12.1 Å². The molecule has 8 heteroatoms. The topological polar surface area (TPSA) is 43.8 Å². The zero-order chi connectivity index (χ0) is 19.8. The molecule has 2 aliphatic heterocycles. The predicted octanol–water partition coefficient (Wildman–Crippen LogP) is 5.29. The molecule has 0 radical (unpaired) electrons. The fourth-order valence-electron chi connectivity index (χ4n) is 4.10. The summed E-state index contributed by atoms with van der Waals surface area (Å²) in [5.41, 5.74) is 4.38. The highest BCUT2D eigenvalue weighted by atomic mass is 35.5. The van der Waals surface area contributed by atoms with Crippen molar-refractivity contribution in [2.24, 2.45) is 4.99 Å². The van der Waals surface area contributed by atoms with Crippen LogP contribution in [0.25, 0.3) is 0 Å². The molecule has 3 aromatic rings. The standard InChI is InChI=1S/C23H25N5S.2ClH/c1-16-24-21-22(25-19-10-6-7-11-20(19)26-23(21)29-16)28-13-12-27(2)18(15-28)14-17-8-4-3-5-9-17;;/h3-11,18,26H,12-15H2,1-2H3;2*1H. The first-order chi connectivity index (χ1) is 14.2. The lowest BCUT2D eigenvalue weighted by molar-refractivity contribution is 0.140. The summed E-state index contributed by atoms with van der Waals surface area (Å²) in [6.07, 6.45) is 1.04. The average Bonchev–Trinajstić information content (AvgIpc) is 3.02. The number of likely N-dealkylation sites (N-methyl/N-ethyl adjacent to an activating group) is 1. The number of hydrogen-bond donors (Lipinski definition) is 1. The lowest BCUT2D eigenvalue weighted by Gasteiger charge is -2.40. The number of nitrogens with one attached hydrogen (secondary N) is 1. The van der Waals surface area contributed by atoms with Gasteiger partial charge >= 0.3 is 0 Å². The van der Waals surface area contributed by atoms with Gasteiger partial charge in [0.05, 0.1) is 16.4 Å². The molecule has 5 nitrogen and oxygen atoms in total. The van der Waals surface area contributed by atoms with Crippen molar-refractivity contribution in [1.82, 2.24) is 14.8 Å². The SMILES string of the molecule is Cc1nc2c(s1)Nc1ccccc1N=C2N1CCN(C)C(Cc2ccccc2)C1.Cl.Cl. The molecular weight excluding hydrogens is 449 g/mol. The number of hydrogen-bond acceptors (Lipinski definition) is 6. The van der Waals surface area contributed by atoms with E-state index < -0.39 is 0 Å². The van der Waals surface area contributed by atoms with Crippen LogP contribution >= 0.6 is 36.2 Å². The van der Waals surface area contributed by atoms with Gasteiger partial charge in [-0.25, -0.2) is 9.98 Å². The molecule has 1 unspecified atom stereocenters. The van der Waals surface area contributed by atoms with Crippen molar-refractivity contribution in [3.63, 3.8) is 0 Å². The Bertz CT molecular complexity index is 1050. The Kier molecular flexibility index (Phi) is 7.59. The fourth-order valence-corrected chi connectivity index (χ4v) is 4.92. The van der Waals surface area contributed by atoms with Crippen LogP contribution in [0.1, 0.15) is 16.3 Å². The van der Waals surface area contributed by atoms with Crippen LogP contribution < -0.4 is 5.32 Å². The molecule has 1 saturated heterocycles. The van der Waals surface area contributed by atoms with Gasteiger partial charge in [0, 0.05) is 25.7 Å². The number of anilines is 2. The second-order valence-electron chi connectivity index (χ2n) is 7.76. The van der Waals surface area contributed by atoms with E-state index in [4.69, 9.17) is 9.98 Å². The van der Waals surface area contributed by atoms with Crippen molar-refractivity contribution in [3.8, 4) is 0 Å². The lowest BCUT2D eigenvalue weighted by atomic mass is 10.0. The van der Waals surface area contributed by atoms with Gasteiger partial charge in [-0.2, -0.15) is 0 Å². The number of aliphatic imine (C=N–C) groups is 1. The van der Waals surface area contributed by atoms with Crippen LogP contribution in [-0.4, -0.2) is 53.3 Å². The van der Waals surface area contributed by atoms with Gasteiger partial charge in [0.2, 0.25) is 0 Å². The molecule has 164 valence electrons. The molecule has 5 rings (SSSR count). The van der Waals surface area contributed by atoms with E-state index in [1.165, 1.54) is 5.56 Å². The molecule has 1 N–H and O–H groups in total. The minimum atomic E-state index is 0. The van der Waals surface area contributed by atoms with Crippen LogP contribution in [0, 0.1) is 6.92 Å². The number of aromatic nitrogens is 1. The maximum Gasteiger partial charge on any atom is 0.158 e. The quantitative estimate of drug-likeness (QED) is 0.546. The number of amidine groups is 1. The molecule has 0 amide bonds. The van der Waals surface area contributed by atoms with Crippen LogP contribution in [0.2, 0.25) is 0 Å². The maximum atomic E-state index is 5.09. The van der Waals surface area contributed by atoms with Crippen LogP contribution in [-0.2, 0) is 6.42 Å². The summed E-state index contributed by atoms with van der Waals surface area (Å²) in [6, 6.07) is 19.5. The Morgan fingerprint density at radius 3 is 2.58 bits per heavy atom. The summed E-state index contributed by atoms with van der Waals surface area (Å²) in [4.78, 5) is 14.8. The molecule has 1 aromatic heterocycles. The summed E-state index contributed by atoms with van der Waals surface area (Å²) >= 11 is 1.70. The highest BCUT2D eigenvalue weighted by Gasteiger charge is 2.31. The van der Waals surface area contributed by atoms with E-state index in [2.05, 4.69) is 71.6 Å². The van der Waals surface area contributed by atoms with Gasteiger partial charge in [-0.15, -0.1) is 36.2 Å². The Hall–Kier alpha value is -2.12. The second-order valence-corrected chi connectivity index (χ2v) is 8.96. The van der Waals surface area contributed by atoms with E-state index in [0.29, 0.717) is 6.04 Å². The molecule has 1 atom stereocenters.